The molecule has 0 bridgehead atoms. The second kappa shape index (κ2) is 9.69. The van der Waals surface area contributed by atoms with Crippen LogP contribution in [0, 0.1) is 0 Å². The molecule has 0 heterocycles. The van der Waals surface area contributed by atoms with Crippen LogP contribution in [-0.4, -0.2) is 16.7 Å². The molecule has 0 aromatic heterocycles. The summed E-state index contributed by atoms with van der Waals surface area (Å²) < 4.78 is 0. The molecule has 1 amide bonds. The van der Waals surface area contributed by atoms with E-state index in [1.54, 1.807) is 12.1 Å². The summed E-state index contributed by atoms with van der Waals surface area (Å²) in [5, 5.41) is 13.6. The fourth-order valence-electron chi connectivity index (χ4n) is 2.41. The van der Waals surface area contributed by atoms with E-state index in [1.165, 1.54) is 12.1 Å². The number of carbonyl (C=O) groups excluding carboxylic acids is 1. The summed E-state index contributed by atoms with van der Waals surface area (Å²) in [6.07, 6.45) is 7.54. The van der Waals surface area contributed by atoms with Crippen LogP contribution >= 0.6 is 0 Å². The first-order valence-electron chi connectivity index (χ1n) is 8.84. The zero-order valence-corrected chi connectivity index (χ0v) is 15.2. The fourth-order valence-corrected chi connectivity index (χ4v) is 2.41. The minimum Gasteiger partial charge on any atom is -0.508 e. The number of aromatic hydroxyl groups is 1. The number of phenolic OH excluding ortho intramolecular Hbond substituents is 1. The van der Waals surface area contributed by atoms with Gasteiger partial charge in [-0.2, -0.15) is 5.10 Å². The van der Waals surface area contributed by atoms with Gasteiger partial charge in [-0.25, -0.2) is 5.43 Å². The topological polar surface area (TPSA) is 61.7 Å². The van der Waals surface area contributed by atoms with Gasteiger partial charge in [-0.1, -0.05) is 72.8 Å². The summed E-state index contributed by atoms with van der Waals surface area (Å²) in [5.41, 5.74) is 5.64. The maximum Gasteiger partial charge on any atom is 0.271 e. The number of nitrogens with one attached hydrogen (secondary N) is 1. The summed E-state index contributed by atoms with van der Waals surface area (Å²) in [5.74, 6) is -0.240. The fraction of sp³-hybridized carbons (Fsp3) is 0. The highest BCUT2D eigenvalue weighted by Gasteiger charge is 2.04. The van der Waals surface area contributed by atoms with Crippen LogP contribution in [-0.2, 0) is 0 Å². The first kappa shape index (κ1) is 18.9. The summed E-state index contributed by atoms with van der Waals surface area (Å²) in [4.78, 5) is 12.3. The van der Waals surface area contributed by atoms with E-state index in [1.807, 2.05) is 85.0 Å². The standard InChI is InChI=1S/C24H20N2O2/c27-23-17-13-21(14-18-23)24(28)26-25-22(15-11-19-7-3-1-4-8-19)16-12-20-9-5-2-6-10-20/h1-18,27H,(H,26,28). The van der Waals surface area contributed by atoms with Crippen molar-refractivity contribution in [2.75, 3.05) is 0 Å². The second-order valence-electron chi connectivity index (χ2n) is 6.01. The van der Waals surface area contributed by atoms with Crippen molar-refractivity contribution < 1.29 is 9.90 Å². The molecule has 0 aliphatic heterocycles. The predicted octanol–water partition coefficient (Wildman–Crippen LogP) is 4.90. The molecule has 138 valence electrons. The van der Waals surface area contributed by atoms with Crippen LogP contribution in [0.4, 0.5) is 0 Å². The molecule has 0 unspecified atom stereocenters. The number of hydrogen-bond acceptors (Lipinski definition) is 3. The maximum atomic E-state index is 12.3. The van der Waals surface area contributed by atoms with Gasteiger partial charge in [-0.15, -0.1) is 0 Å². The van der Waals surface area contributed by atoms with Gasteiger partial charge in [-0.05, 0) is 47.5 Å². The first-order valence-corrected chi connectivity index (χ1v) is 8.84. The van der Waals surface area contributed by atoms with Crippen molar-refractivity contribution in [3.8, 4) is 5.75 Å². The van der Waals surface area contributed by atoms with Gasteiger partial charge in [0.2, 0.25) is 0 Å². The molecular weight excluding hydrogens is 348 g/mol. The van der Waals surface area contributed by atoms with Gasteiger partial charge in [0.15, 0.2) is 0 Å². The molecule has 4 heteroatoms. The van der Waals surface area contributed by atoms with E-state index in [4.69, 9.17) is 0 Å². The van der Waals surface area contributed by atoms with Gasteiger partial charge in [0.05, 0.1) is 5.71 Å². The minimum atomic E-state index is -0.348. The highest BCUT2D eigenvalue weighted by molar-refractivity contribution is 6.09. The quantitative estimate of drug-likeness (QED) is 0.480. The number of hydrogen-bond donors (Lipinski definition) is 2. The van der Waals surface area contributed by atoms with E-state index in [-0.39, 0.29) is 11.7 Å². The molecule has 3 rings (SSSR count). The zero-order valence-electron chi connectivity index (χ0n) is 15.2. The number of benzene rings is 3. The number of amides is 1. The Hall–Kier alpha value is -3.92. The molecule has 3 aromatic rings. The Morgan fingerprint density at radius 3 is 1.75 bits per heavy atom. The summed E-state index contributed by atoms with van der Waals surface area (Å²) in [6, 6.07) is 25.7. The molecule has 4 nitrogen and oxygen atoms in total. The third kappa shape index (κ3) is 5.81. The molecule has 0 radical (unpaired) electrons. The first-order chi connectivity index (χ1) is 13.7. The number of hydrazone groups is 1. The minimum absolute atomic E-state index is 0.109. The Labute approximate surface area is 164 Å². The summed E-state index contributed by atoms with van der Waals surface area (Å²) in [6.45, 7) is 0. The van der Waals surface area contributed by atoms with Crippen LogP contribution in [0.5, 0.6) is 5.75 Å². The SMILES string of the molecule is O=C(NN=C(C=Cc1ccccc1)C=Cc1ccccc1)c1ccc(O)cc1. The van der Waals surface area contributed by atoms with Gasteiger partial charge in [-0.3, -0.25) is 4.79 Å². The number of allylic oxidation sites excluding steroid dienone is 2. The molecule has 0 spiro atoms. The van der Waals surface area contributed by atoms with Crippen LogP contribution in [0.2, 0.25) is 0 Å². The van der Waals surface area contributed by atoms with E-state index in [2.05, 4.69) is 10.5 Å². The van der Waals surface area contributed by atoms with E-state index >= 15 is 0 Å². The number of carbonyl (C=O) groups is 1. The summed E-state index contributed by atoms with van der Waals surface area (Å²) in [7, 11) is 0. The molecule has 2 N–H and O–H groups in total. The third-order valence-corrected chi connectivity index (χ3v) is 3.91. The largest absolute Gasteiger partial charge is 0.508 e. The van der Waals surface area contributed by atoms with Crippen molar-refractivity contribution in [2.24, 2.45) is 5.10 Å². The Morgan fingerprint density at radius 1 is 0.750 bits per heavy atom. The molecule has 0 aliphatic rings. The summed E-state index contributed by atoms with van der Waals surface area (Å²) >= 11 is 0. The van der Waals surface area contributed by atoms with Gasteiger partial charge in [0, 0.05) is 5.56 Å². The molecule has 0 atom stereocenters. The molecule has 3 aromatic carbocycles. The highest BCUT2D eigenvalue weighted by Crippen LogP contribution is 2.09. The van der Waals surface area contributed by atoms with E-state index in [9.17, 15) is 9.90 Å². The van der Waals surface area contributed by atoms with E-state index in [0.717, 1.165) is 11.1 Å². The lowest BCUT2D eigenvalue weighted by Gasteiger charge is -2.02. The van der Waals surface area contributed by atoms with Crippen molar-refractivity contribution in [3.63, 3.8) is 0 Å². The van der Waals surface area contributed by atoms with Crippen molar-refractivity contribution >= 4 is 23.8 Å². The maximum absolute atomic E-state index is 12.3. The van der Waals surface area contributed by atoms with Crippen LogP contribution in [0.1, 0.15) is 21.5 Å². The zero-order chi connectivity index (χ0) is 19.6. The van der Waals surface area contributed by atoms with Gasteiger partial charge in [0.1, 0.15) is 5.75 Å². The smallest absolute Gasteiger partial charge is 0.271 e. The molecule has 0 aliphatic carbocycles. The Morgan fingerprint density at radius 2 is 1.25 bits per heavy atom. The normalized spacial score (nSPS) is 10.9. The Balaban J connectivity index is 1.79. The lowest BCUT2D eigenvalue weighted by molar-refractivity contribution is 0.0955. The van der Waals surface area contributed by atoms with E-state index < -0.39 is 0 Å². The van der Waals surface area contributed by atoms with Gasteiger partial charge >= 0.3 is 0 Å². The number of phenols is 1. The molecule has 0 saturated heterocycles. The molecule has 28 heavy (non-hydrogen) atoms. The van der Waals surface area contributed by atoms with Crippen molar-refractivity contribution in [1.29, 1.82) is 0 Å². The van der Waals surface area contributed by atoms with E-state index in [0.29, 0.717) is 11.3 Å². The monoisotopic (exact) mass is 368 g/mol. The lowest BCUT2D eigenvalue weighted by atomic mass is 10.1. The average Bonchev–Trinajstić information content (AvgIpc) is 2.75. The van der Waals surface area contributed by atoms with Gasteiger partial charge < -0.3 is 5.11 Å². The Bertz CT molecular complexity index is 938. The van der Waals surface area contributed by atoms with Crippen LogP contribution in [0.3, 0.4) is 0 Å². The second-order valence-corrected chi connectivity index (χ2v) is 6.01. The highest BCUT2D eigenvalue weighted by atomic mass is 16.3. The van der Waals surface area contributed by atoms with Crippen molar-refractivity contribution in [3.05, 3.63) is 114 Å². The average molecular weight is 368 g/mol. The predicted molar refractivity (Wildman–Crippen MR) is 114 cm³/mol. The van der Waals surface area contributed by atoms with Crippen LogP contribution < -0.4 is 5.43 Å². The number of rotatable bonds is 6. The van der Waals surface area contributed by atoms with Crippen molar-refractivity contribution in [2.45, 2.75) is 0 Å². The molecular formula is C24H20N2O2. The molecule has 0 saturated carbocycles. The third-order valence-electron chi connectivity index (χ3n) is 3.91. The Kier molecular flexibility index (Phi) is 6.53. The van der Waals surface area contributed by atoms with Gasteiger partial charge in [0.25, 0.3) is 5.91 Å². The van der Waals surface area contributed by atoms with Crippen LogP contribution in [0.15, 0.2) is 102 Å². The van der Waals surface area contributed by atoms with Crippen LogP contribution in [0.25, 0.3) is 12.2 Å². The number of nitrogens with zero attached hydrogens (tertiary/aromatic N) is 1. The lowest BCUT2D eigenvalue weighted by Crippen LogP contribution is -2.18. The molecule has 0 fully saturated rings. The van der Waals surface area contributed by atoms with Crippen molar-refractivity contribution in [1.82, 2.24) is 5.43 Å².